The van der Waals surface area contributed by atoms with Gasteiger partial charge in [0.1, 0.15) is 0 Å². The first-order chi connectivity index (χ1) is 6.44. The van der Waals surface area contributed by atoms with Gasteiger partial charge in [0.25, 0.3) is 11.7 Å². The zero-order valence-electron chi connectivity index (χ0n) is 7.33. The van der Waals surface area contributed by atoms with Gasteiger partial charge in [0.15, 0.2) is 0 Å². The lowest BCUT2D eigenvalue weighted by atomic mass is 10.2. The standard InChI is InChI=1S/C7H8F2N2O3/c1-2-7(8,9)3-4-10-5(6(12)13)11-14-4/h2-3H2,1H3,(H,12,13). The number of carboxylic acid groups (broad SMARTS) is 1. The molecular formula is C7H8F2N2O3. The van der Waals surface area contributed by atoms with Crippen LogP contribution in [0.3, 0.4) is 0 Å². The largest absolute Gasteiger partial charge is 0.475 e. The summed E-state index contributed by atoms with van der Waals surface area (Å²) in [5.74, 6) is -5.32. The molecule has 0 atom stereocenters. The zero-order valence-corrected chi connectivity index (χ0v) is 7.33. The van der Waals surface area contributed by atoms with E-state index in [1.165, 1.54) is 6.92 Å². The smallest absolute Gasteiger partial charge is 0.377 e. The molecule has 5 nitrogen and oxygen atoms in total. The molecule has 78 valence electrons. The summed E-state index contributed by atoms with van der Waals surface area (Å²) in [6.07, 6.45) is -1.10. The maximum Gasteiger partial charge on any atom is 0.377 e. The monoisotopic (exact) mass is 206 g/mol. The number of hydrogen-bond donors (Lipinski definition) is 1. The van der Waals surface area contributed by atoms with Crippen LogP contribution in [0.1, 0.15) is 29.9 Å². The molecule has 0 saturated heterocycles. The Bertz CT molecular complexity index is 337. The Balaban J connectivity index is 2.73. The third-order valence-electron chi connectivity index (χ3n) is 1.59. The number of alkyl halides is 2. The molecule has 1 rings (SSSR count). The fourth-order valence-corrected chi connectivity index (χ4v) is 0.760. The number of carboxylic acids is 1. The van der Waals surface area contributed by atoms with Crippen molar-refractivity contribution in [1.82, 2.24) is 10.1 Å². The lowest BCUT2D eigenvalue weighted by Gasteiger charge is -2.09. The van der Waals surface area contributed by atoms with Crippen LogP contribution in [0, 0.1) is 0 Å². The molecule has 0 aliphatic rings. The van der Waals surface area contributed by atoms with Crippen molar-refractivity contribution in [1.29, 1.82) is 0 Å². The fraction of sp³-hybridized carbons (Fsp3) is 0.571. The first-order valence-corrected chi connectivity index (χ1v) is 3.88. The Labute approximate surface area is 77.7 Å². The van der Waals surface area contributed by atoms with Gasteiger partial charge in [0.2, 0.25) is 5.89 Å². The zero-order chi connectivity index (χ0) is 10.8. The Morgan fingerprint density at radius 2 is 2.29 bits per heavy atom. The topological polar surface area (TPSA) is 76.2 Å². The highest BCUT2D eigenvalue weighted by Gasteiger charge is 2.30. The van der Waals surface area contributed by atoms with E-state index in [0.717, 1.165) is 0 Å². The minimum atomic E-state index is -2.94. The second kappa shape index (κ2) is 3.69. The average molecular weight is 206 g/mol. The predicted molar refractivity (Wildman–Crippen MR) is 40.2 cm³/mol. The predicted octanol–water partition coefficient (Wildman–Crippen LogP) is 1.36. The summed E-state index contributed by atoms with van der Waals surface area (Å²) in [5.41, 5.74) is 0. The maximum absolute atomic E-state index is 12.8. The minimum absolute atomic E-state index is 0.363. The molecule has 1 heterocycles. The van der Waals surface area contributed by atoms with Gasteiger partial charge < -0.3 is 9.63 Å². The van der Waals surface area contributed by atoms with Crippen molar-refractivity contribution in [2.45, 2.75) is 25.7 Å². The molecule has 0 saturated carbocycles. The molecule has 1 aromatic heterocycles. The van der Waals surface area contributed by atoms with E-state index in [1.807, 2.05) is 0 Å². The van der Waals surface area contributed by atoms with Crippen LogP contribution in [0.25, 0.3) is 0 Å². The van der Waals surface area contributed by atoms with E-state index in [4.69, 9.17) is 5.11 Å². The van der Waals surface area contributed by atoms with Crippen LogP contribution in [-0.4, -0.2) is 27.1 Å². The maximum atomic E-state index is 12.8. The summed E-state index contributed by atoms with van der Waals surface area (Å²) in [5, 5.41) is 11.4. The third-order valence-corrected chi connectivity index (χ3v) is 1.59. The van der Waals surface area contributed by atoms with Crippen LogP contribution in [0.15, 0.2) is 4.52 Å². The number of nitrogens with zero attached hydrogens (tertiary/aromatic N) is 2. The SMILES string of the molecule is CCC(F)(F)Cc1nc(C(=O)O)no1. The Kier molecular flexibility index (Phi) is 2.78. The summed E-state index contributed by atoms with van der Waals surface area (Å²) >= 11 is 0. The molecule has 0 fully saturated rings. The van der Waals surface area contributed by atoms with Crippen LogP contribution in [0.4, 0.5) is 8.78 Å². The number of halogens is 2. The summed E-state index contributed by atoms with van der Waals surface area (Å²) < 4.78 is 29.9. The molecule has 1 aromatic rings. The van der Waals surface area contributed by atoms with Crippen molar-refractivity contribution < 1.29 is 23.2 Å². The first-order valence-electron chi connectivity index (χ1n) is 3.88. The molecule has 1 N–H and O–H groups in total. The first kappa shape index (κ1) is 10.6. The highest BCUT2D eigenvalue weighted by atomic mass is 19.3. The molecule has 0 spiro atoms. The van der Waals surface area contributed by atoms with Gasteiger partial charge in [-0.2, -0.15) is 4.98 Å². The molecule has 14 heavy (non-hydrogen) atoms. The summed E-state index contributed by atoms with van der Waals surface area (Å²) in [6, 6.07) is 0. The van der Waals surface area contributed by atoms with Gasteiger partial charge in [-0.1, -0.05) is 6.92 Å². The van der Waals surface area contributed by atoms with E-state index >= 15 is 0 Å². The molecular weight excluding hydrogens is 198 g/mol. The third kappa shape index (κ3) is 2.48. The van der Waals surface area contributed by atoms with Gasteiger partial charge in [-0.15, -0.1) is 0 Å². The number of hydrogen-bond acceptors (Lipinski definition) is 4. The molecule has 7 heteroatoms. The van der Waals surface area contributed by atoms with Crippen molar-refractivity contribution in [2.75, 3.05) is 0 Å². The normalized spacial score (nSPS) is 11.6. The van der Waals surface area contributed by atoms with E-state index in [-0.39, 0.29) is 12.3 Å². The van der Waals surface area contributed by atoms with Crippen molar-refractivity contribution in [3.63, 3.8) is 0 Å². The van der Waals surface area contributed by atoms with Gasteiger partial charge in [-0.25, -0.2) is 13.6 Å². The van der Waals surface area contributed by atoms with Crippen LogP contribution in [-0.2, 0) is 6.42 Å². The fourth-order valence-electron chi connectivity index (χ4n) is 0.760. The number of carbonyl (C=O) groups is 1. The van der Waals surface area contributed by atoms with Crippen LogP contribution < -0.4 is 0 Å². The van der Waals surface area contributed by atoms with E-state index in [1.54, 1.807) is 0 Å². The van der Waals surface area contributed by atoms with Gasteiger partial charge in [-0.3, -0.25) is 0 Å². The highest BCUT2D eigenvalue weighted by molar-refractivity contribution is 5.82. The van der Waals surface area contributed by atoms with E-state index in [9.17, 15) is 13.6 Å². The molecule has 0 radical (unpaired) electrons. The Morgan fingerprint density at radius 1 is 1.64 bits per heavy atom. The van der Waals surface area contributed by atoms with Gasteiger partial charge in [-0.05, 0) is 5.16 Å². The van der Waals surface area contributed by atoms with Crippen LogP contribution in [0.5, 0.6) is 0 Å². The van der Waals surface area contributed by atoms with Crippen LogP contribution >= 0.6 is 0 Å². The van der Waals surface area contributed by atoms with Crippen molar-refractivity contribution in [2.24, 2.45) is 0 Å². The van der Waals surface area contributed by atoms with Gasteiger partial charge in [0, 0.05) is 6.42 Å². The molecule has 0 aliphatic carbocycles. The lowest BCUT2D eigenvalue weighted by molar-refractivity contribution is -0.00908. The Hall–Kier alpha value is -1.53. The number of aromatic carboxylic acids is 1. The summed E-state index contributed by atoms with van der Waals surface area (Å²) in [6.45, 7) is 1.31. The van der Waals surface area contributed by atoms with Crippen molar-refractivity contribution in [3.8, 4) is 0 Å². The quantitative estimate of drug-likeness (QED) is 0.804. The Morgan fingerprint density at radius 3 is 2.71 bits per heavy atom. The molecule has 0 unspecified atom stereocenters. The summed E-state index contributed by atoms with van der Waals surface area (Å²) in [7, 11) is 0. The second-order valence-electron chi connectivity index (χ2n) is 2.70. The number of aromatic nitrogens is 2. The van der Waals surface area contributed by atoms with E-state index < -0.39 is 24.1 Å². The minimum Gasteiger partial charge on any atom is -0.475 e. The molecule has 0 bridgehead atoms. The second-order valence-corrected chi connectivity index (χ2v) is 2.70. The summed E-state index contributed by atoms with van der Waals surface area (Å²) in [4.78, 5) is 13.6. The molecule has 0 aliphatic heterocycles. The van der Waals surface area contributed by atoms with E-state index in [0.29, 0.717) is 0 Å². The van der Waals surface area contributed by atoms with Gasteiger partial charge >= 0.3 is 5.97 Å². The molecule has 0 amide bonds. The molecule has 0 aromatic carbocycles. The van der Waals surface area contributed by atoms with Crippen molar-refractivity contribution in [3.05, 3.63) is 11.7 Å². The average Bonchev–Trinajstić information content (AvgIpc) is 2.52. The number of rotatable bonds is 4. The van der Waals surface area contributed by atoms with Crippen LogP contribution in [0.2, 0.25) is 0 Å². The van der Waals surface area contributed by atoms with E-state index in [2.05, 4.69) is 14.7 Å². The van der Waals surface area contributed by atoms with Crippen molar-refractivity contribution >= 4 is 5.97 Å². The lowest BCUT2D eigenvalue weighted by Crippen LogP contribution is -2.18. The van der Waals surface area contributed by atoms with Gasteiger partial charge in [0.05, 0.1) is 6.42 Å². The highest BCUT2D eigenvalue weighted by Crippen LogP contribution is 2.22.